The van der Waals surface area contributed by atoms with E-state index in [9.17, 15) is 9.59 Å². The fourth-order valence-electron chi connectivity index (χ4n) is 3.19. The van der Waals surface area contributed by atoms with Gasteiger partial charge in [-0.25, -0.2) is 0 Å². The Bertz CT molecular complexity index is 987. The Morgan fingerprint density at radius 1 is 1.12 bits per heavy atom. The molecule has 0 unspecified atom stereocenters. The van der Waals surface area contributed by atoms with Gasteiger partial charge in [0.25, 0.3) is 5.91 Å². The number of benzene rings is 2. The summed E-state index contributed by atoms with van der Waals surface area (Å²) in [6, 6.07) is 13.2. The van der Waals surface area contributed by atoms with Gasteiger partial charge in [-0.15, -0.1) is 0 Å². The molecule has 5 heteroatoms. The second-order valence-corrected chi connectivity index (χ2v) is 5.86. The largest absolute Gasteiger partial charge is 0.497 e. The first-order valence-corrected chi connectivity index (χ1v) is 7.69. The summed E-state index contributed by atoms with van der Waals surface area (Å²) in [5.41, 5.74) is 3.33. The summed E-state index contributed by atoms with van der Waals surface area (Å²) in [4.78, 5) is 26.1. The SMILES string of the molecule is COc1ccc2c(c1)C(=O)N(c1ccc3c(ccn3C(C)=O)c1)C2. The van der Waals surface area contributed by atoms with Gasteiger partial charge in [0.2, 0.25) is 5.91 Å². The number of ether oxygens (including phenoxy) is 1. The van der Waals surface area contributed by atoms with Crippen LogP contribution in [-0.4, -0.2) is 23.5 Å². The van der Waals surface area contributed by atoms with Gasteiger partial charge in [-0.3, -0.25) is 14.2 Å². The number of hydrogen-bond acceptors (Lipinski definition) is 3. The van der Waals surface area contributed by atoms with Crippen LogP contribution < -0.4 is 9.64 Å². The molecule has 0 radical (unpaired) electrons. The number of rotatable bonds is 2. The molecule has 0 aliphatic carbocycles. The molecule has 1 aliphatic heterocycles. The van der Waals surface area contributed by atoms with Crippen molar-refractivity contribution in [3.63, 3.8) is 0 Å². The van der Waals surface area contributed by atoms with Gasteiger partial charge in [-0.2, -0.15) is 0 Å². The number of anilines is 1. The molecule has 1 aromatic heterocycles. The molecule has 3 aromatic rings. The molecule has 0 fully saturated rings. The molecule has 0 bridgehead atoms. The zero-order chi connectivity index (χ0) is 16.8. The summed E-state index contributed by atoms with van der Waals surface area (Å²) in [6.45, 7) is 2.07. The molecule has 2 heterocycles. The zero-order valence-electron chi connectivity index (χ0n) is 13.4. The smallest absolute Gasteiger partial charge is 0.259 e. The van der Waals surface area contributed by atoms with Crippen LogP contribution in [0.15, 0.2) is 48.7 Å². The van der Waals surface area contributed by atoms with E-state index in [0.717, 1.165) is 22.2 Å². The highest BCUT2D eigenvalue weighted by molar-refractivity contribution is 6.11. The number of carbonyl (C=O) groups excluding carboxylic acids is 2. The lowest BCUT2D eigenvalue weighted by molar-refractivity contribution is 0.0940. The van der Waals surface area contributed by atoms with E-state index in [1.54, 1.807) is 28.8 Å². The first-order valence-electron chi connectivity index (χ1n) is 7.69. The molecule has 0 N–H and O–H groups in total. The van der Waals surface area contributed by atoms with E-state index in [1.807, 2.05) is 36.4 Å². The second kappa shape index (κ2) is 5.23. The van der Waals surface area contributed by atoms with E-state index < -0.39 is 0 Å². The monoisotopic (exact) mass is 320 g/mol. The van der Waals surface area contributed by atoms with Crippen LogP contribution in [-0.2, 0) is 6.54 Å². The van der Waals surface area contributed by atoms with Crippen molar-refractivity contribution in [2.24, 2.45) is 0 Å². The van der Waals surface area contributed by atoms with Gasteiger partial charge in [0.1, 0.15) is 5.75 Å². The third-order valence-electron chi connectivity index (χ3n) is 4.45. The molecule has 5 nitrogen and oxygen atoms in total. The van der Waals surface area contributed by atoms with Crippen molar-refractivity contribution in [1.29, 1.82) is 0 Å². The zero-order valence-corrected chi connectivity index (χ0v) is 13.4. The second-order valence-electron chi connectivity index (χ2n) is 5.86. The van der Waals surface area contributed by atoms with Gasteiger partial charge in [-0.1, -0.05) is 6.07 Å². The highest BCUT2D eigenvalue weighted by Gasteiger charge is 2.29. The number of aromatic nitrogens is 1. The Morgan fingerprint density at radius 3 is 2.71 bits per heavy atom. The number of fused-ring (bicyclic) bond motifs is 2. The van der Waals surface area contributed by atoms with E-state index in [-0.39, 0.29) is 11.8 Å². The Hall–Kier alpha value is -3.08. The Kier molecular flexibility index (Phi) is 3.16. The fraction of sp³-hybridized carbons (Fsp3) is 0.158. The van der Waals surface area contributed by atoms with Crippen LogP contribution in [0.3, 0.4) is 0 Å². The summed E-state index contributed by atoms with van der Waals surface area (Å²) < 4.78 is 6.81. The number of nitrogens with zero attached hydrogens (tertiary/aromatic N) is 2. The van der Waals surface area contributed by atoms with Gasteiger partial charge in [0, 0.05) is 29.8 Å². The van der Waals surface area contributed by atoms with Gasteiger partial charge in [0.05, 0.1) is 19.2 Å². The molecule has 0 saturated carbocycles. The Morgan fingerprint density at radius 2 is 1.96 bits per heavy atom. The number of carbonyl (C=O) groups is 2. The molecule has 1 aliphatic rings. The minimum Gasteiger partial charge on any atom is -0.497 e. The van der Waals surface area contributed by atoms with E-state index in [1.165, 1.54) is 6.92 Å². The van der Waals surface area contributed by atoms with Crippen LogP contribution >= 0.6 is 0 Å². The first-order chi connectivity index (χ1) is 11.6. The lowest BCUT2D eigenvalue weighted by atomic mass is 10.1. The van der Waals surface area contributed by atoms with Crippen LogP contribution in [0.1, 0.15) is 27.6 Å². The maximum absolute atomic E-state index is 12.7. The predicted molar refractivity (Wildman–Crippen MR) is 91.7 cm³/mol. The van der Waals surface area contributed by atoms with Crippen molar-refractivity contribution in [3.8, 4) is 5.75 Å². The summed E-state index contributed by atoms with van der Waals surface area (Å²) in [6.07, 6.45) is 1.75. The molecule has 1 amide bonds. The number of methoxy groups -OCH3 is 1. The maximum Gasteiger partial charge on any atom is 0.259 e. The molecule has 0 spiro atoms. The number of amides is 1. The van der Waals surface area contributed by atoms with Gasteiger partial charge in [-0.05, 0) is 42.0 Å². The lowest BCUT2D eigenvalue weighted by Gasteiger charge is -2.16. The van der Waals surface area contributed by atoms with Crippen molar-refractivity contribution >= 4 is 28.4 Å². The van der Waals surface area contributed by atoms with Gasteiger partial charge >= 0.3 is 0 Å². The average Bonchev–Trinajstić information content (AvgIpc) is 3.15. The van der Waals surface area contributed by atoms with Gasteiger partial charge < -0.3 is 9.64 Å². The molecule has 4 rings (SSSR count). The standard InChI is InChI=1S/C19H16N2O3/c1-12(22)20-8-7-13-9-15(4-6-18(13)20)21-11-14-3-5-16(24-2)10-17(14)19(21)23/h3-10H,11H2,1-2H3. The minimum absolute atomic E-state index is 0.0329. The van der Waals surface area contributed by atoms with Gasteiger partial charge in [0.15, 0.2) is 0 Å². The summed E-state index contributed by atoms with van der Waals surface area (Å²) in [5.74, 6) is 0.613. The van der Waals surface area contributed by atoms with Crippen LogP contribution in [0.25, 0.3) is 10.9 Å². The number of hydrogen-bond donors (Lipinski definition) is 0. The summed E-state index contributed by atoms with van der Waals surface area (Å²) in [7, 11) is 1.59. The molecule has 2 aromatic carbocycles. The van der Waals surface area contributed by atoms with Crippen molar-refractivity contribution in [2.75, 3.05) is 12.0 Å². The van der Waals surface area contributed by atoms with Crippen molar-refractivity contribution in [2.45, 2.75) is 13.5 Å². The topological polar surface area (TPSA) is 51.5 Å². The first kappa shape index (κ1) is 14.5. The van der Waals surface area contributed by atoms with Crippen molar-refractivity contribution in [1.82, 2.24) is 4.57 Å². The fourth-order valence-corrected chi connectivity index (χ4v) is 3.19. The predicted octanol–water partition coefficient (Wildman–Crippen LogP) is 3.47. The third kappa shape index (κ3) is 2.09. The van der Waals surface area contributed by atoms with Crippen LogP contribution in [0.5, 0.6) is 5.75 Å². The molecule has 0 atom stereocenters. The van der Waals surface area contributed by atoms with E-state index in [4.69, 9.17) is 4.74 Å². The highest BCUT2D eigenvalue weighted by Crippen LogP contribution is 2.32. The molecular formula is C19H16N2O3. The minimum atomic E-state index is -0.0331. The third-order valence-corrected chi connectivity index (χ3v) is 4.45. The van der Waals surface area contributed by atoms with E-state index in [0.29, 0.717) is 17.9 Å². The Balaban J connectivity index is 1.73. The van der Waals surface area contributed by atoms with E-state index >= 15 is 0 Å². The van der Waals surface area contributed by atoms with Crippen molar-refractivity contribution in [3.05, 3.63) is 59.8 Å². The highest BCUT2D eigenvalue weighted by atomic mass is 16.5. The quantitative estimate of drug-likeness (QED) is 0.726. The molecule has 120 valence electrons. The Labute approximate surface area is 139 Å². The molecular weight excluding hydrogens is 304 g/mol. The lowest BCUT2D eigenvalue weighted by Crippen LogP contribution is -2.22. The average molecular weight is 320 g/mol. The molecule has 24 heavy (non-hydrogen) atoms. The van der Waals surface area contributed by atoms with Crippen LogP contribution in [0.2, 0.25) is 0 Å². The van der Waals surface area contributed by atoms with Crippen LogP contribution in [0.4, 0.5) is 5.69 Å². The molecule has 0 saturated heterocycles. The summed E-state index contributed by atoms with van der Waals surface area (Å²) >= 11 is 0. The van der Waals surface area contributed by atoms with E-state index in [2.05, 4.69) is 0 Å². The van der Waals surface area contributed by atoms with Crippen LogP contribution in [0, 0.1) is 0 Å². The summed E-state index contributed by atoms with van der Waals surface area (Å²) in [5, 5.41) is 0.934. The van der Waals surface area contributed by atoms with Crippen molar-refractivity contribution < 1.29 is 14.3 Å². The maximum atomic E-state index is 12.7. The normalized spacial score (nSPS) is 13.4.